The van der Waals surface area contributed by atoms with Crippen molar-refractivity contribution in [1.29, 1.82) is 0 Å². The van der Waals surface area contributed by atoms with Crippen LogP contribution in [0.1, 0.15) is 11.3 Å². The number of nitrogens with one attached hydrogen (secondary N) is 2. The first-order valence-electron chi connectivity index (χ1n) is 7.26. The Morgan fingerprint density at radius 3 is 2.58 bits per heavy atom. The molecule has 2 aromatic rings. The fourth-order valence-corrected chi connectivity index (χ4v) is 2.62. The molecule has 10 heteroatoms. The van der Waals surface area contributed by atoms with Gasteiger partial charge in [-0.25, -0.2) is 0 Å². The minimum atomic E-state index is -2.99. The Balaban J connectivity index is 0.00000338. The number of alkyl halides is 2. The van der Waals surface area contributed by atoms with E-state index in [0.29, 0.717) is 23.1 Å². The summed E-state index contributed by atoms with van der Waals surface area (Å²) in [5, 5.41) is 6.39. The molecule has 0 radical (unpaired) electrons. The van der Waals surface area contributed by atoms with Gasteiger partial charge in [0.15, 0.2) is 5.96 Å². The molecule has 142 valence electrons. The highest BCUT2D eigenvalue weighted by Crippen LogP contribution is 2.33. The van der Waals surface area contributed by atoms with Gasteiger partial charge in [-0.2, -0.15) is 8.78 Å². The van der Waals surface area contributed by atoms with E-state index in [1.807, 2.05) is 18.2 Å². The van der Waals surface area contributed by atoms with E-state index in [4.69, 9.17) is 23.2 Å². The molecule has 0 unspecified atom stereocenters. The average Bonchev–Trinajstić information content (AvgIpc) is 2.58. The van der Waals surface area contributed by atoms with Crippen LogP contribution in [0.3, 0.4) is 0 Å². The van der Waals surface area contributed by atoms with Crippen molar-refractivity contribution in [2.45, 2.75) is 19.7 Å². The molecule has 5 nitrogen and oxygen atoms in total. The van der Waals surface area contributed by atoms with E-state index in [1.165, 1.54) is 12.1 Å². The van der Waals surface area contributed by atoms with Gasteiger partial charge in [-0.1, -0.05) is 29.3 Å². The molecule has 0 aliphatic carbocycles. The van der Waals surface area contributed by atoms with Gasteiger partial charge in [0.2, 0.25) is 0 Å². The Labute approximate surface area is 177 Å². The van der Waals surface area contributed by atoms with Gasteiger partial charge in [0.1, 0.15) is 5.75 Å². The Morgan fingerprint density at radius 1 is 1.23 bits per heavy atom. The Hall–Kier alpha value is -1.39. The summed E-state index contributed by atoms with van der Waals surface area (Å²) in [6.45, 7) is -2.39. The summed E-state index contributed by atoms with van der Waals surface area (Å²) in [6.07, 6.45) is 1.69. The molecule has 1 aromatic heterocycles. The molecule has 0 aliphatic rings. The smallest absolute Gasteiger partial charge is 0.387 e. The normalized spacial score (nSPS) is 11.1. The maximum absolute atomic E-state index is 12.6. The van der Waals surface area contributed by atoms with Crippen LogP contribution in [-0.2, 0) is 13.1 Å². The molecule has 0 amide bonds. The first kappa shape index (κ1) is 22.7. The van der Waals surface area contributed by atoms with Crippen LogP contribution in [0.4, 0.5) is 8.78 Å². The number of aromatic nitrogens is 1. The lowest BCUT2D eigenvalue weighted by molar-refractivity contribution is -0.0504. The van der Waals surface area contributed by atoms with E-state index in [9.17, 15) is 8.78 Å². The highest BCUT2D eigenvalue weighted by atomic mass is 127. The van der Waals surface area contributed by atoms with Crippen LogP contribution >= 0.6 is 47.2 Å². The van der Waals surface area contributed by atoms with Crippen LogP contribution in [-0.4, -0.2) is 24.6 Å². The first-order chi connectivity index (χ1) is 12.0. The van der Waals surface area contributed by atoms with Gasteiger partial charge in [-0.3, -0.25) is 9.98 Å². The van der Waals surface area contributed by atoms with E-state index < -0.39 is 6.61 Å². The SMILES string of the molecule is CN=C(NCc1ccccn1)NCc1cc(Cl)cc(Cl)c1OC(F)F.I. The summed E-state index contributed by atoms with van der Waals surface area (Å²) < 4.78 is 29.6. The van der Waals surface area contributed by atoms with Crippen molar-refractivity contribution in [1.82, 2.24) is 15.6 Å². The van der Waals surface area contributed by atoms with Crippen molar-refractivity contribution < 1.29 is 13.5 Å². The van der Waals surface area contributed by atoms with Crippen LogP contribution < -0.4 is 15.4 Å². The number of benzene rings is 1. The minimum absolute atomic E-state index is 0. The van der Waals surface area contributed by atoms with Crippen LogP contribution in [0.15, 0.2) is 41.5 Å². The zero-order valence-corrected chi connectivity index (χ0v) is 17.5. The maximum atomic E-state index is 12.6. The number of pyridine rings is 1. The average molecular weight is 517 g/mol. The molecular weight excluding hydrogens is 500 g/mol. The van der Waals surface area contributed by atoms with Gasteiger partial charge in [0.05, 0.1) is 17.3 Å². The fraction of sp³-hybridized carbons (Fsp3) is 0.250. The second-order valence-corrected chi connectivity index (χ2v) is 5.70. The zero-order chi connectivity index (χ0) is 18.2. The van der Waals surface area contributed by atoms with Gasteiger partial charge in [0.25, 0.3) is 0 Å². The molecule has 0 spiro atoms. The molecule has 0 fully saturated rings. The lowest BCUT2D eigenvalue weighted by Crippen LogP contribution is -2.36. The van der Waals surface area contributed by atoms with E-state index in [-0.39, 0.29) is 41.3 Å². The highest BCUT2D eigenvalue weighted by molar-refractivity contribution is 14.0. The quantitative estimate of drug-likeness (QED) is 0.338. The second-order valence-electron chi connectivity index (χ2n) is 4.85. The molecule has 0 bridgehead atoms. The first-order valence-corrected chi connectivity index (χ1v) is 8.02. The number of hydrogen-bond donors (Lipinski definition) is 2. The monoisotopic (exact) mass is 516 g/mol. The van der Waals surface area contributed by atoms with Crippen molar-refractivity contribution in [3.8, 4) is 5.75 Å². The van der Waals surface area contributed by atoms with Crippen molar-refractivity contribution in [2.75, 3.05) is 7.05 Å². The van der Waals surface area contributed by atoms with Gasteiger partial charge < -0.3 is 15.4 Å². The Kier molecular flexibility index (Phi) is 9.89. The van der Waals surface area contributed by atoms with Gasteiger partial charge in [0, 0.05) is 30.4 Å². The maximum Gasteiger partial charge on any atom is 0.387 e. The molecule has 0 atom stereocenters. The van der Waals surface area contributed by atoms with Crippen molar-refractivity contribution in [3.63, 3.8) is 0 Å². The lowest BCUT2D eigenvalue weighted by atomic mass is 10.2. The molecule has 1 heterocycles. The standard InChI is InChI=1S/C16H16Cl2F2N4O.HI/c1-21-16(24-9-12-4-2-3-5-22-12)23-8-10-6-11(17)7-13(18)14(10)25-15(19)20;/h2-7,15H,8-9H2,1H3,(H2,21,23,24);1H. The molecule has 1 aromatic carbocycles. The minimum Gasteiger partial charge on any atom is -0.433 e. The third kappa shape index (κ3) is 7.08. The molecule has 2 rings (SSSR count). The highest BCUT2D eigenvalue weighted by Gasteiger charge is 2.15. The summed E-state index contributed by atoms with van der Waals surface area (Å²) in [4.78, 5) is 8.26. The van der Waals surface area contributed by atoms with Crippen molar-refractivity contribution in [2.24, 2.45) is 4.99 Å². The predicted molar refractivity (Wildman–Crippen MR) is 110 cm³/mol. The largest absolute Gasteiger partial charge is 0.433 e. The van der Waals surface area contributed by atoms with Crippen LogP contribution in [0, 0.1) is 0 Å². The number of halogens is 5. The summed E-state index contributed by atoms with van der Waals surface area (Å²) in [5.74, 6) is 0.346. The third-order valence-corrected chi connectivity index (χ3v) is 3.62. The summed E-state index contributed by atoms with van der Waals surface area (Å²) in [6, 6.07) is 8.42. The fourth-order valence-electron chi connectivity index (χ4n) is 2.04. The van der Waals surface area contributed by atoms with Crippen molar-refractivity contribution >= 4 is 53.1 Å². The number of rotatable bonds is 6. The number of hydrogen-bond acceptors (Lipinski definition) is 3. The molecule has 0 saturated heterocycles. The lowest BCUT2D eigenvalue weighted by Gasteiger charge is -2.16. The van der Waals surface area contributed by atoms with Gasteiger partial charge in [-0.05, 0) is 24.3 Å². The summed E-state index contributed by atoms with van der Waals surface area (Å²) in [5.41, 5.74) is 1.22. The van der Waals surface area contributed by atoms with E-state index in [0.717, 1.165) is 5.69 Å². The van der Waals surface area contributed by atoms with Crippen molar-refractivity contribution in [3.05, 3.63) is 57.8 Å². The number of guanidine groups is 1. The third-order valence-electron chi connectivity index (χ3n) is 3.13. The van der Waals surface area contributed by atoms with E-state index in [2.05, 4.69) is 25.3 Å². The molecular formula is C16H17Cl2F2IN4O. The Bertz CT molecular complexity index is 736. The van der Waals surface area contributed by atoms with Crippen LogP contribution in [0.25, 0.3) is 0 Å². The van der Waals surface area contributed by atoms with E-state index >= 15 is 0 Å². The molecule has 26 heavy (non-hydrogen) atoms. The number of ether oxygens (including phenoxy) is 1. The molecule has 0 aliphatic heterocycles. The number of aliphatic imine (C=N–C) groups is 1. The van der Waals surface area contributed by atoms with Crippen LogP contribution in [0.5, 0.6) is 5.75 Å². The predicted octanol–water partition coefficient (Wildman–Crippen LogP) is 4.47. The molecule has 0 saturated carbocycles. The topological polar surface area (TPSA) is 58.5 Å². The van der Waals surface area contributed by atoms with E-state index in [1.54, 1.807) is 13.2 Å². The zero-order valence-electron chi connectivity index (χ0n) is 13.7. The Morgan fingerprint density at radius 2 is 1.96 bits per heavy atom. The van der Waals surface area contributed by atoms with Crippen LogP contribution in [0.2, 0.25) is 10.0 Å². The summed E-state index contributed by atoms with van der Waals surface area (Å²) in [7, 11) is 1.59. The molecule has 2 N–H and O–H groups in total. The summed E-state index contributed by atoms with van der Waals surface area (Å²) >= 11 is 11.9. The van der Waals surface area contributed by atoms with Gasteiger partial charge in [-0.15, -0.1) is 24.0 Å². The second kappa shape index (κ2) is 11.3. The van der Waals surface area contributed by atoms with Gasteiger partial charge >= 0.3 is 6.61 Å². The number of nitrogens with zero attached hydrogens (tertiary/aromatic N) is 2.